The smallest absolute Gasteiger partial charge is 0.330 e. The maximum atomic E-state index is 15.0. The summed E-state index contributed by atoms with van der Waals surface area (Å²) in [5, 5.41) is 25.8. The molecule has 18 heteroatoms. The monoisotopic (exact) mass is 921 g/mol. The van der Waals surface area contributed by atoms with Gasteiger partial charge in [-0.15, -0.1) is 11.3 Å². The molecule has 2 aliphatic carbocycles. The molecule has 3 aromatic rings. The van der Waals surface area contributed by atoms with E-state index in [0.29, 0.717) is 59.5 Å². The molecular weight excluding hydrogens is 859 g/mol. The van der Waals surface area contributed by atoms with E-state index < -0.39 is 73.6 Å². The van der Waals surface area contributed by atoms with Gasteiger partial charge in [0.2, 0.25) is 11.8 Å². The number of nitrogens with zero attached hydrogens (tertiary/aromatic N) is 3. The van der Waals surface area contributed by atoms with Gasteiger partial charge in [-0.05, 0) is 85.3 Å². The van der Waals surface area contributed by atoms with Crippen LogP contribution in [0.5, 0.6) is 11.5 Å². The molecule has 2 aliphatic heterocycles. The predicted molar refractivity (Wildman–Crippen MR) is 246 cm³/mol. The molecule has 64 heavy (non-hydrogen) atoms. The molecule has 1 unspecified atom stereocenters. The van der Waals surface area contributed by atoms with Crippen molar-refractivity contribution in [1.82, 2.24) is 30.8 Å². The zero-order chi connectivity index (χ0) is 46.0. The molecule has 0 bridgehead atoms. The first kappa shape index (κ1) is 47.0. The summed E-state index contributed by atoms with van der Waals surface area (Å²) < 4.78 is 38.3. The number of carbonyl (C=O) groups is 4. The van der Waals surface area contributed by atoms with Gasteiger partial charge >= 0.3 is 12.0 Å². The number of fused-ring (bicyclic) bond motifs is 3. The average Bonchev–Trinajstić information content (AvgIpc) is 3.49. The largest absolute Gasteiger partial charge is 0.497 e. The molecule has 7 rings (SSSR count). The van der Waals surface area contributed by atoms with Crippen LogP contribution in [0.4, 0.5) is 9.93 Å². The second kappa shape index (κ2) is 18.9. The zero-order valence-electron chi connectivity index (χ0n) is 37.7. The lowest BCUT2D eigenvalue weighted by Gasteiger charge is -2.40. The minimum absolute atomic E-state index is 0.0366. The van der Waals surface area contributed by atoms with Crippen LogP contribution in [0, 0.1) is 5.92 Å². The zero-order valence-corrected chi connectivity index (χ0v) is 39.3. The Kier molecular flexibility index (Phi) is 13.9. The predicted octanol–water partition coefficient (Wildman–Crippen LogP) is 6.60. The third-order valence-corrected chi connectivity index (χ3v) is 16.5. The number of rotatable bonds is 11. The Morgan fingerprint density at radius 2 is 1.80 bits per heavy atom. The van der Waals surface area contributed by atoms with E-state index in [1.807, 2.05) is 37.4 Å². The van der Waals surface area contributed by atoms with Crippen LogP contribution in [0.15, 0.2) is 41.8 Å². The molecule has 0 radical (unpaired) electrons. The third-order valence-electron chi connectivity index (χ3n) is 13.0. The third kappa shape index (κ3) is 10.4. The number of allylic oxidation sites excluding steroid dienone is 1. The van der Waals surface area contributed by atoms with E-state index in [1.54, 1.807) is 46.1 Å². The number of benzene rings is 1. The quantitative estimate of drug-likeness (QED) is 0.129. The van der Waals surface area contributed by atoms with Gasteiger partial charge < -0.3 is 40.7 Å². The second-order valence-corrected chi connectivity index (χ2v) is 22.8. The molecule has 3 fully saturated rings. The van der Waals surface area contributed by atoms with Crippen LogP contribution >= 0.6 is 11.3 Å². The lowest BCUT2D eigenvalue weighted by atomic mass is 9.83. The highest BCUT2D eigenvalue weighted by atomic mass is 32.2. The Morgan fingerprint density at radius 1 is 1.05 bits per heavy atom. The number of amides is 4. The van der Waals surface area contributed by atoms with Crippen LogP contribution in [0.25, 0.3) is 22.3 Å². The van der Waals surface area contributed by atoms with Crippen LogP contribution < -0.4 is 30.7 Å². The van der Waals surface area contributed by atoms with Crippen LogP contribution in [0.2, 0.25) is 0 Å². The minimum atomic E-state index is -3.62. The molecule has 5 atom stereocenters. The van der Waals surface area contributed by atoms with Gasteiger partial charge in [-0.2, -0.15) is 0 Å². The fourth-order valence-electron chi connectivity index (χ4n) is 9.11. The minimum Gasteiger partial charge on any atom is -0.497 e. The van der Waals surface area contributed by atoms with E-state index in [1.165, 1.54) is 16.2 Å². The first-order valence-corrected chi connectivity index (χ1v) is 25.1. The number of nitrogens with one attached hydrogen (secondary N) is 4. The van der Waals surface area contributed by atoms with E-state index in [0.717, 1.165) is 37.2 Å². The number of methoxy groups -OCH3 is 1. The van der Waals surface area contributed by atoms with Crippen LogP contribution in [0.1, 0.15) is 112 Å². The fourth-order valence-corrected chi connectivity index (χ4v) is 11.5. The number of ether oxygens (including phenoxy) is 2. The van der Waals surface area contributed by atoms with Crippen molar-refractivity contribution in [3.8, 4) is 22.9 Å². The lowest BCUT2D eigenvalue weighted by Crippen LogP contribution is -2.61. The first-order chi connectivity index (χ1) is 30.3. The van der Waals surface area contributed by atoms with Crippen molar-refractivity contribution in [3.63, 3.8) is 0 Å². The Balaban J connectivity index is 1.20. The van der Waals surface area contributed by atoms with Crippen LogP contribution in [-0.2, 0) is 24.2 Å². The van der Waals surface area contributed by atoms with Crippen molar-refractivity contribution >= 4 is 61.0 Å². The fraction of sp³-hybridized carbons (Fsp3) is 0.609. The van der Waals surface area contributed by atoms with E-state index in [-0.39, 0.29) is 37.6 Å². The molecule has 5 N–H and O–H groups in total. The number of carbonyl (C=O) groups excluding carboxylic acids is 3. The van der Waals surface area contributed by atoms with E-state index in [2.05, 4.69) is 21.3 Å². The average molecular weight is 922 g/mol. The van der Waals surface area contributed by atoms with Crippen molar-refractivity contribution in [2.75, 3.05) is 24.7 Å². The Morgan fingerprint density at radius 3 is 2.50 bits per heavy atom. The number of aromatic nitrogens is 2. The molecule has 4 amide bonds. The summed E-state index contributed by atoms with van der Waals surface area (Å²) in [5.41, 5.74) is -0.763. The summed E-state index contributed by atoms with van der Waals surface area (Å²) >= 11 is 1.45. The van der Waals surface area contributed by atoms with Crippen LogP contribution in [0.3, 0.4) is 0 Å². The van der Waals surface area contributed by atoms with Crippen molar-refractivity contribution in [2.45, 2.75) is 152 Å². The molecule has 1 saturated heterocycles. The van der Waals surface area contributed by atoms with Gasteiger partial charge in [0.1, 0.15) is 40.9 Å². The van der Waals surface area contributed by atoms with E-state index in [4.69, 9.17) is 19.4 Å². The Labute approximate surface area is 379 Å². The highest BCUT2D eigenvalue weighted by Gasteiger charge is 2.61. The first-order valence-electron chi connectivity index (χ1n) is 22.5. The van der Waals surface area contributed by atoms with Gasteiger partial charge in [0.25, 0.3) is 0 Å². The Bertz CT molecular complexity index is 2370. The standard InChI is InChI=1S/C46H63N7O9S2/c1-28(2)47-43-50-36(26-63-43)35-23-38(32-18-17-30(61-6)21-34(32)48-35)62-31-22-37-39(54)51-46(41(56)57)24-29(46)15-11-8-7-9-12-16-33(40(55)53(37)25-31)49-42(58)52-45(19-13-10-14-20-45)27-64(59,60)44(3,4)5/h11,15,17-18,21,23,26,28-29,31,33,37H,7-10,12-14,16,19-20,22,24-25,27H2,1-6H3,(H,47,50)(H,51,54)(H,56,57)(H2,49,52,58)/b15-11-/t29?,31-,33+,37+,46-/m1/s1. The summed E-state index contributed by atoms with van der Waals surface area (Å²) in [6.07, 6.45) is 9.81. The number of sulfone groups is 1. The molecule has 2 saturated carbocycles. The number of anilines is 1. The van der Waals surface area contributed by atoms with Gasteiger partial charge in [-0.1, -0.05) is 44.3 Å². The van der Waals surface area contributed by atoms with E-state index >= 15 is 0 Å². The lowest BCUT2D eigenvalue weighted by molar-refractivity contribution is -0.145. The normalized spacial score (nSPS) is 25.8. The number of carboxylic acid groups (broad SMARTS) is 1. The number of hydrogen-bond donors (Lipinski definition) is 5. The maximum Gasteiger partial charge on any atom is 0.330 e. The van der Waals surface area contributed by atoms with Crippen LogP contribution in [-0.4, -0.2) is 112 Å². The van der Waals surface area contributed by atoms with Gasteiger partial charge in [0, 0.05) is 41.3 Å². The van der Waals surface area contributed by atoms with Crippen molar-refractivity contribution in [2.24, 2.45) is 5.92 Å². The molecule has 16 nitrogen and oxygen atoms in total. The summed E-state index contributed by atoms with van der Waals surface area (Å²) in [7, 11) is -2.05. The summed E-state index contributed by atoms with van der Waals surface area (Å²) in [6, 6.07) is 4.53. The molecule has 4 aliphatic rings. The number of urea groups is 1. The van der Waals surface area contributed by atoms with Crippen molar-refractivity contribution < 1.29 is 42.2 Å². The number of aliphatic carboxylic acids is 1. The van der Waals surface area contributed by atoms with Crippen molar-refractivity contribution in [3.05, 3.63) is 41.8 Å². The Hall–Kier alpha value is -4.97. The number of hydrogen-bond acceptors (Lipinski definition) is 12. The molecular formula is C46H63N7O9S2. The number of carboxylic acids is 1. The van der Waals surface area contributed by atoms with Gasteiger partial charge in [-0.25, -0.2) is 28.0 Å². The summed E-state index contributed by atoms with van der Waals surface area (Å²) in [4.78, 5) is 67.3. The highest BCUT2D eigenvalue weighted by Crippen LogP contribution is 2.46. The second-order valence-electron chi connectivity index (χ2n) is 19.2. The molecule has 2 aromatic heterocycles. The molecule has 0 spiro atoms. The summed E-state index contributed by atoms with van der Waals surface area (Å²) in [5.74, 6) is -1.87. The maximum absolute atomic E-state index is 15.0. The summed E-state index contributed by atoms with van der Waals surface area (Å²) in [6.45, 7) is 8.98. The van der Waals surface area contributed by atoms with E-state index in [9.17, 15) is 32.7 Å². The highest BCUT2D eigenvalue weighted by molar-refractivity contribution is 7.92. The molecule has 1 aromatic carbocycles. The molecule has 4 heterocycles. The van der Waals surface area contributed by atoms with Crippen molar-refractivity contribution in [1.29, 1.82) is 0 Å². The van der Waals surface area contributed by atoms with Gasteiger partial charge in [-0.3, -0.25) is 9.59 Å². The number of thiazole rings is 1. The molecule has 348 valence electrons. The topological polar surface area (TPSA) is 218 Å². The SMILES string of the molecule is COc1ccc2c(O[C@@H]3C[C@H]4C(=O)N[C@]5(C(=O)O)CC5/C=C\CCCCC[C@H](NC(=O)NC5(CS(=O)(=O)C(C)(C)C)CCCCC5)C(=O)N4C3)cc(-c3csc(NC(C)C)n3)nc2c1. The number of pyridine rings is 1. The van der Waals surface area contributed by atoms with Gasteiger partial charge in [0.15, 0.2) is 15.0 Å². The van der Waals surface area contributed by atoms with Gasteiger partial charge in [0.05, 0.1) is 40.9 Å².